The number of rotatable bonds is 0. The molecule has 0 aromatic carbocycles. The van der Waals surface area contributed by atoms with E-state index in [0.29, 0.717) is 0 Å². The van der Waals surface area contributed by atoms with E-state index < -0.39 is 10.8 Å². The second kappa shape index (κ2) is 7.18. The van der Waals surface area contributed by atoms with Gasteiger partial charge in [0, 0.05) is 23.3 Å². The predicted molar refractivity (Wildman–Crippen MR) is 45.9 cm³/mol. The van der Waals surface area contributed by atoms with Crippen molar-refractivity contribution in [1.29, 1.82) is 0 Å². The molecule has 0 aliphatic rings. The van der Waals surface area contributed by atoms with E-state index in [2.05, 4.69) is 28.2 Å². The van der Waals surface area contributed by atoms with Crippen molar-refractivity contribution < 1.29 is 14.2 Å². The molecular formula is C6H19NO2S. The van der Waals surface area contributed by atoms with Crippen LogP contribution in [0.1, 0.15) is 0 Å². The quantitative estimate of drug-likeness (QED) is 0.484. The monoisotopic (exact) mass is 169 g/mol. The minimum atomic E-state index is -0.611. The Morgan fingerprint density at radius 2 is 1.00 bits per heavy atom. The van der Waals surface area contributed by atoms with Gasteiger partial charge >= 0.3 is 0 Å². The lowest BCUT2D eigenvalue weighted by molar-refractivity contribution is -0.849. The normalized spacial score (nSPS) is 9.50. The summed E-state index contributed by atoms with van der Waals surface area (Å²) < 4.78 is 10.6. The highest BCUT2D eigenvalue weighted by Crippen LogP contribution is 1.73. The van der Waals surface area contributed by atoms with Gasteiger partial charge in [0.1, 0.15) is 0 Å². The third-order valence-corrected chi connectivity index (χ3v) is 0. The molecule has 0 bridgehead atoms. The van der Waals surface area contributed by atoms with Gasteiger partial charge in [-0.05, 0) is 0 Å². The van der Waals surface area contributed by atoms with Crippen LogP contribution < -0.4 is 0 Å². The predicted octanol–water partition coefficient (Wildman–Crippen LogP) is 0.140. The van der Waals surface area contributed by atoms with Gasteiger partial charge in [-0.2, -0.15) is 0 Å². The van der Waals surface area contributed by atoms with Crippen molar-refractivity contribution in [3.05, 3.63) is 0 Å². The molecule has 0 amide bonds. The molecule has 0 rings (SSSR count). The van der Waals surface area contributed by atoms with Crippen molar-refractivity contribution in [1.82, 2.24) is 0 Å². The van der Waals surface area contributed by atoms with E-state index in [1.165, 1.54) is 0 Å². The molecular weight excluding hydrogens is 150 g/mol. The third-order valence-electron chi connectivity index (χ3n) is 0. The zero-order valence-electron chi connectivity index (χ0n) is 7.71. The molecule has 10 heavy (non-hydrogen) atoms. The molecule has 0 saturated carbocycles. The van der Waals surface area contributed by atoms with Crippen LogP contribution >= 0.6 is 0 Å². The summed E-state index contributed by atoms with van der Waals surface area (Å²) >= 11 is 0. The van der Waals surface area contributed by atoms with E-state index in [1.807, 2.05) is 0 Å². The van der Waals surface area contributed by atoms with E-state index in [0.717, 1.165) is 4.48 Å². The largest absolute Gasteiger partial charge is 0.870 e. The van der Waals surface area contributed by atoms with Crippen LogP contribution in [0.2, 0.25) is 0 Å². The fraction of sp³-hybridized carbons (Fsp3) is 1.00. The van der Waals surface area contributed by atoms with Gasteiger partial charge in [0.2, 0.25) is 0 Å². The maximum Gasteiger partial charge on any atom is 0.0675 e. The summed E-state index contributed by atoms with van der Waals surface area (Å²) in [5, 5.41) is 0. The molecule has 0 spiro atoms. The Labute approximate surface area is 66.4 Å². The molecule has 0 heterocycles. The Kier molecular flexibility index (Phi) is 11.9. The minimum Gasteiger partial charge on any atom is -0.870 e. The number of quaternary nitrogens is 1. The van der Waals surface area contributed by atoms with Crippen LogP contribution in [0.3, 0.4) is 0 Å². The van der Waals surface area contributed by atoms with Gasteiger partial charge in [0.05, 0.1) is 28.2 Å². The molecule has 0 aliphatic carbocycles. The van der Waals surface area contributed by atoms with Crippen LogP contribution in [0.4, 0.5) is 0 Å². The molecule has 0 aliphatic heterocycles. The zero-order valence-corrected chi connectivity index (χ0v) is 8.53. The highest BCUT2D eigenvalue weighted by molar-refractivity contribution is 7.83. The highest BCUT2D eigenvalue weighted by atomic mass is 32.2. The smallest absolute Gasteiger partial charge is 0.0675 e. The molecule has 1 N–H and O–H groups in total. The van der Waals surface area contributed by atoms with Crippen LogP contribution in [-0.4, -0.2) is 54.9 Å². The highest BCUT2D eigenvalue weighted by Gasteiger charge is 1.88. The molecule has 0 unspecified atom stereocenters. The Morgan fingerprint density at radius 1 is 1.00 bits per heavy atom. The average molecular weight is 169 g/mol. The van der Waals surface area contributed by atoms with Gasteiger partial charge in [0.15, 0.2) is 0 Å². The topological polar surface area (TPSA) is 47.1 Å². The second-order valence-electron chi connectivity index (χ2n) is 3.42. The molecule has 0 aromatic heterocycles. The summed E-state index contributed by atoms with van der Waals surface area (Å²) in [6.45, 7) is 0. The van der Waals surface area contributed by atoms with Crippen molar-refractivity contribution in [2.24, 2.45) is 0 Å². The Bertz CT molecular complexity index is 78.2. The van der Waals surface area contributed by atoms with Crippen molar-refractivity contribution >= 4 is 10.8 Å². The zero-order chi connectivity index (χ0) is 8.08. The van der Waals surface area contributed by atoms with Crippen LogP contribution in [0.5, 0.6) is 0 Å². The molecule has 0 atom stereocenters. The van der Waals surface area contributed by atoms with Gasteiger partial charge in [-0.25, -0.2) is 0 Å². The Hall–Kier alpha value is 0.0700. The molecule has 3 nitrogen and oxygen atoms in total. The minimum absolute atomic E-state index is 0. The Morgan fingerprint density at radius 3 is 1.00 bits per heavy atom. The Balaban J connectivity index is -0.0000000910. The van der Waals surface area contributed by atoms with Gasteiger partial charge < -0.3 is 9.96 Å². The van der Waals surface area contributed by atoms with Crippen LogP contribution in [-0.2, 0) is 10.8 Å². The van der Waals surface area contributed by atoms with Gasteiger partial charge in [0.25, 0.3) is 0 Å². The van der Waals surface area contributed by atoms with Crippen molar-refractivity contribution in [2.45, 2.75) is 0 Å². The van der Waals surface area contributed by atoms with E-state index in [1.54, 1.807) is 12.5 Å². The van der Waals surface area contributed by atoms with Gasteiger partial charge in [-0.15, -0.1) is 0 Å². The molecule has 66 valence electrons. The summed E-state index contributed by atoms with van der Waals surface area (Å²) in [5.74, 6) is 0. The summed E-state index contributed by atoms with van der Waals surface area (Å²) in [5.41, 5.74) is 0. The summed E-state index contributed by atoms with van der Waals surface area (Å²) in [6.07, 6.45) is 3.28. The third kappa shape index (κ3) is 82300. The second-order valence-corrected chi connectivity index (χ2v) is 4.91. The lowest BCUT2D eigenvalue weighted by Gasteiger charge is -2.14. The van der Waals surface area contributed by atoms with Crippen LogP contribution in [0, 0.1) is 0 Å². The maximum atomic E-state index is 9.56. The van der Waals surface area contributed by atoms with Crippen LogP contribution in [0.25, 0.3) is 0 Å². The first-order valence-corrected chi connectivity index (χ1v) is 4.74. The van der Waals surface area contributed by atoms with Gasteiger partial charge in [-0.1, -0.05) is 0 Å². The van der Waals surface area contributed by atoms with Crippen molar-refractivity contribution in [2.75, 3.05) is 40.7 Å². The van der Waals surface area contributed by atoms with E-state index in [-0.39, 0.29) is 5.48 Å². The van der Waals surface area contributed by atoms with Crippen LogP contribution in [0.15, 0.2) is 0 Å². The maximum absolute atomic E-state index is 9.56. The average Bonchev–Trinajstić information content (AvgIpc) is 1.19. The number of nitrogens with zero attached hydrogens (tertiary/aromatic N) is 1. The van der Waals surface area contributed by atoms with Crippen molar-refractivity contribution in [3.8, 4) is 0 Å². The van der Waals surface area contributed by atoms with E-state index in [9.17, 15) is 4.21 Å². The summed E-state index contributed by atoms with van der Waals surface area (Å²) in [4.78, 5) is 0. The first-order valence-electron chi connectivity index (χ1n) is 2.77. The first kappa shape index (κ1) is 16.6. The molecule has 0 radical (unpaired) electrons. The first-order chi connectivity index (χ1) is 3.73. The summed E-state index contributed by atoms with van der Waals surface area (Å²) in [7, 11) is 7.89. The molecule has 4 heteroatoms. The molecule has 0 aromatic rings. The van der Waals surface area contributed by atoms with E-state index in [4.69, 9.17) is 0 Å². The molecule has 0 fully saturated rings. The lowest BCUT2D eigenvalue weighted by atomic mass is 10.8. The fourth-order valence-electron chi connectivity index (χ4n) is 0. The molecule has 0 saturated heterocycles. The fourth-order valence-corrected chi connectivity index (χ4v) is 0. The van der Waals surface area contributed by atoms with E-state index >= 15 is 0 Å². The number of hydrogen-bond acceptors (Lipinski definition) is 2. The summed E-state index contributed by atoms with van der Waals surface area (Å²) in [6, 6.07) is 0. The van der Waals surface area contributed by atoms with Crippen molar-refractivity contribution in [3.63, 3.8) is 0 Å². The standard InChI is InChI=1S/C4H12N.C2H6OS.H2O/c1-5(2,3)4;1-4(2)3;/h1-4H3;1-2H3;1H2/q+1;;/p-1. The SMILES string of the molecule is CS(C)=O.C[N+](C)(C)C.[OH-]. The number of hydrogen-bond donors (Lipinski definition) is 0. The lowest BCUT2D eigenvalue weighted by Crippen LogP contribution is -2.27. The van der Waals surface area contributed by atoms with Gasteiger partial charge in [-0.3, -0.25) is 4.21 Å².